The predicted octanol–water partition coefficient (Wildman–Crippen LogP) is 0.485. The predicted molar refractivity (Wildman–Crippen MR) is 62.3 cm³/mol. The minimum absolute atomic E-state index is 0.261. The Hall–Kier alpha value is -1.84. The highest BCUT2D eigenvalue weighted by Crippen LogP contribution is 2.25. The first-order valence-corrected chi connectivity index (χ1v) is 5.80. The number of alkyl halides is 3. The molecule has 0 amide bonds. The van der Waals surface area contributed by atoms with Gasteiger partial charge in [-0.25, -0.2) is 9.59 Å². The van der Waals surface area contributed by atoms with Crippen LogP contribution in [0.3, 0.4) is 0 Å². The normalized spacial score (nSPS) is 23.7. The molecule has 0 spiro atoms. The molecule has 0 bridgehead atoms. The molecule has 0 aromatic heterocycles. The number of likely N-dealkylation sites (tertiary alicyclic amines) is 1. The van der Waals surface area contributed by atoms with E-state index in [4.69, 9.17) is 19.7 Å². The number of carbonyl (C=O) groups is 3. The van der Waals surface area contributed by atoms with Crippen molar-refractivity contribution in [2.45, 2.75) is 31.7 Å². The Morgan fingerprint density at radius 3 is 1.86 bits per heavy atom. The van der Waals surface area contributed by atoms with Crippen LogP contribution in [-0.2, 0) is 19.1 Å². The summed E-state index contributed by atoms with van der Waals surface area (Å²) in [6, 6.07) is -0.473. The molecule has 0 aromatic rings. The summed E-state index contributed by atoms with van der Waals surface area (Å²) < 4.78 is 37.1. The minimum Gasteiger partial charge on any atom is -0.477 e. The average Bonchev–Trinajstić information content (AvgIpc) is 2.51. The van der Waals surface area contributed by atoms with Crippen molar-refractivity contribution in [2.24, 2.45) is 0 Å². The smallest absolute Gasteiger partial charge is 0.477 e. The molecule has 1 heterocycles. The van der Waals surface area contributed by atoms with Crippen LogP contribution in [0.2, 0.25) is 0 Å². The van der Waals surface area contributed by atoms with Gasteiger partial charge in [0, 0.05) is 6.92 Å². The van der Waals surface area contributed by atoms with E-state index < -0.39 is 24.2 Å². The summed E-state index contributed by atoms with van der Waals surface area (Å²) in [4.78, 5) is 30.5. The number of quaternary nitrogens is 1. The molecule has 1 saturated heterocycles. The molecule has 1 rings (SSSR count). The van der Waals surface area contributed by atoms with E-state index in [1.165, 1.54) is 6.92 Å². The lowest BCUT2D eigenvalue weighted by atomic mass is 10.2. The van der Waals surface area contributed by atoms with Crippen LogP contribution in [0.1, 0.15) is 13.3 Å². The number of likely N-dealkylation sites (N-methyl/N-ethyl adjacent to an activating group) is 1. The van der Waals surface area contributed by atoms with Crippen molar-refractivity contribution in [3.8, 4) is 0 Å². The number of rotatable bonds is 2. The van der Waals surface area contributed by atoms with Crippen LogP contribution in [0.4, 0.5) is 13.2 Å². The van der Waals surface area contributed by atoms with Crippen LogP contribution in [0, 0.1) is 0 Å². The van der Waals surface area contributed by atoms with Crippen LogP contribution in [-0.4, -0.2) is 71.6 Å². The van der Waals surface area contributed by atoms with Crippen molar-refractivity contribution in [1.29, 1.82) is 0 Å². The quantitative estimate of drug-likeness (QED) is 0.568. The van der Waals surface area contributed by atoms with E-state index in [0.717, 1.165) is 0 Å². The van der Waals surface area contributed by atoms with Gasteiger partial charge >= 0.3 is 24.1 Å². The van der Waals surface area contributed by atoms with Crippen molar-refractivity contribution in [3.63, 3.8) is 0 Å². The van der Waals surface area contributed by atoms with Gasteiger partial charge < -0.3 is 19.4 Å². The topological polar surface area (TPSA) is 101 Å². The Balaban J connectivity index is 0.000000486. The lowest BCUT2D eigenvalue weighted by molar-refractivity contribution is -0.894. The first-order valence-electron chi connectivity index (χ1n) is 5.80. The van der Waals surface area contributed by atoms with E-state index in [0.29, 0.717) is 17.4 Å². The fraction of sp³-hybridized carbons (Fsp3) is 0.727. The maximum Gasteiger partial charge on any atom is 0.490 e. The van der Waals surface area contributed by atoms with Crippen LogP contribution >= 0.6 is 0 Å². The third-order valence-corrected chi connectivity index (χ3v) is 2.86. The summed E-state index contributed by atoms with van der Waals surface area (Å²) in [6.07, 6.45) is -4.94. The Kier molecular flexibility index (Phi) is 6.15. The minimum atomic E-state index is -5.08. The molecule has 2 N–H and O–H groups in total. The molecule has 0 saturated carbocycles. The van der Waals surface area contributed by atoms with E-state index >= 15 is 0 Å². The number of esters is 1. The molecule has 2 atom stereocenters. The third-order valence-electron chi connectivity index (χ3n) is 2.86. The maximum absolute atomic E-state index is 10.9. The summed E-state index contributed by atoms with van der Waals surface area (Å²) in [7, 11) is 3.67. The first kappa shape index (κ1) is 19.2. The van der Waals surface area contributed by atoms with Crippen LogP contribution in [0.25, 0.3) is 0 Å². The van der Waals surface area contributed by atoms with E-state index in [1.54, 1.807) is 0 Å². The largest absolute Gasteiger partial charge is 0.490 e. The molecule has 2 unspecified atom stereocenters. The van der Waals surface area contributed by atoms with Gasteiger partial charge in [0.1, 0.15) is 6.54 Å². The second kappa shape index (κ2) is 6.74. The van der Waals surface area contributed by atoms with E-state index in [1.807, 2.05) is 14.1 Å². The molecule has 122 valence electrons. The monoisotopic (exact) mass is 316 g/mol. The van der Waals surface area contributed by atoms with Gasteiger partial charge in [0.25, 0.3) is 0 Å². The van der Waals surface area contributed by atoms with Crippen LogP contribution in [0.15, 0.2) is 0 Å². The second-order valence-electron chi connectivity index (χ2n) is 5.09. The Bertz CT molecular complexity index is 421. The van der Waals surface area contributed by atoms with Crippen molar-refractivity contribution in [2.75, 3.05) is 20.6 Å². The molecular weight excluding hydrogens is 299 g/mol. The lowest BCUT2D eigenvalue weighted by Gasteiger charge is -2.28. The van der Waals surface area contributed by atoms with Crippen molar-refractivity contribution >= 4 is 17.9 Å². The summed E-state index contributed by atoms with van der Waals surface area (Å²) >= 11 is 0. The highest BCUT2D eigenvalue weighted by atomic mass is 19.4. The standard InChI is InChI=1S/C9H15NO4.C2HF3O2/c1-6(11)14-7-4-8(9(12)13)10(2,3)5-7;3-2(4,5)1(6)7/h7-8H,4-5H2,1-3H3;(H,6,7)/p+1. The van der Waals surface area contributed by atoms with Crippen molar-refractivity contribution in [1.82, 2.24) is 0 Å². The van der Waals surface area contributed by atoms with Crippen LogP contribution in [0.5, 0.6) is 0 Å². The molecule has 1 aliphatic rings. The number of hydrogen-bond donors (Lipinski definition) is 2. The van der Waals surface area contributed by atoms with Crippen LogP contribution < -0.4 is 0 Å². The zero-order valence-electron chi connectivity index (χ0n) is 11.7. The van der Waals surface area contributed by atoms with Gasteiger partial charge in [-0.2, -0.15) is 13.2 Å². The number of carboxylic acid groups (broad SMARTS) is 2. The number of nitrogens with zero attached hydrogens (tertiary/aromatic N) is 1. The SMILES string of the molecule is CC(=O)OC1CC(C(=O)O)[N+](C)(C)C1.O=C(O)C(F)(F)F. The first-order chi connectivity index (χ1) is 9.27. The molecule has 0 aromatic carbocycles. The van der Waals surface area contributed by atoms with Gasteiger partial charge in [-0.05, 0) is 0 Å². The van der Waals surface area contributed by atoms with Gasteiger partial charge in [0.05, 0.1) is 20.5 Å². The summed E-state index contributed by atoms with van der Waals surface area (Å²) in [5.41, 5.74) is 0. The molecule has 0 aliphatic carbocycles. The Labute approximate surface area is 118 Å². The summed E-state index contributed by atoms with van der Waals surface area (Å²) in [5.74, 6) is -3.93. The van der Waals surface area contributed by atoms with Gasteiger partial charge in [-0.3, -0.25) is 4.79 Å². The Morgan fingerprint density at radius 1 is 1.19 bits per heavy atom. The lowest BCUT2D eigenvalue weighted by Crippen LogP contribution is -2.48. The number of carboxylic acids is 2. The van der Waals surface area contributed by atoms with E-state index in [2.05, 4.69) is 0 Å². The number of hydrogen-bond acceptors (Lipinski definition) is 4. The molecule has 1 fully saturated rings. The van der Waals surface area contributed by atoms with Gasteiger partial charge in [0.15, 0.2) is 12.1 Å². The van der Waals surface area contributed by atoms with Crippen molar-refractivity contribution in [3.05, 3.63) is 0 Å². The fourth-order valence-electron chi connectivity index (χ4n) is 1.98. The van der Waals surface area contributed by atoms with Gasteiger partial charge in [0.2, 0.25) is 0 Å². The van der Waals surface area contributed by atoms with E-state index in [-0.39, 0.29) is 12.1 Å². The van der Waals surface area contributed by atoms with E-state index in [9.17, 15) is 22.8 Å². The molecule has 1 aliphatic heterocycles. The molecule has 7 nitrogen and oxygen atoms in total. The average molecular weight is 316 g/mol. The maximum atomic E-state index is 10.9. The number of ether oxygens (including phenoxy) is 1. The highest BCUT2D eigenvalue weighted by molar-refractivity contribution is 5.73. The second-order valence-corrected chi connectivity index (χ2v) is 5.09. The molecule has 10 heteroatoms. The fourth-order valence-corrected chi connectivity index (χ4v) is 1.98. The number of aliphatic carboxylic acids is 2. The van der Waals surface area contributed by atoms with Gasteiger partial charge in [-0.1, -0.05) is 0 Å². The zero-order valence-corrected chi connectivity index (χ0v) is 11.7. The Morgan fingerprint density at radius 2 is 1.62 bits per heavy atom. The summed E-state index contributed by atoms with van der Waals surface area (Å²) in [5, 5.41) is 16.1. The molecule has 21 heavy (non-hydrogen) atoms. The number of halogens is 3. The summed E-state index contributed by atoms with van der Waals surface area (Å²) in [6.45, 7) is 1.91. The van der Waals surface area contributed by atoms with Gasteiger partial charge in [-0.15, -0.1) is 0 Å². The van der Waals surface area contributed by atoms with Crippen molar-refractivity contribution < 1.29 is 47.0 Å². The molecule has 0 radical (unpaired) electrons. The number of carbonyl (C=O) groups excluding carboxylic acids is 1. The highest BCUT2D eigenvalue weighted by Gasteiger charge is 2.46. The third kappa shape index (κ3) is 6.43. The molecular formula is C11H17F3NO6+. The zero-order chi connectivity index (χ0) is 17.0.